The molecule has 2 aromatic carbocycles. The fourth-order valence-electron chi connectivity index (χ4n) is 2.26. The second-order valence-electron chi connectivity index (χ2n) is 5.15. The zero-order valence-corrected chi connectivity index (χ0v) is 13.3. The van der Waals surface area contributed by atoms with Gasteiger partial charge in [0.25, 0.3) is 0 Å². The molecule has 0 spiro atoms. The Morgan fingerprint density at radius 2 is 1.75 bits per heavy atom. The van der Waals surface area contributed by atoms with Gasteiger partial charge >= 0.3 is 0 Å². The molecule has 2 heteroatoms. The van der Waals surface area contributed by atoms with Gasteiger partial charge in [-0.15, -0.1) is 11.6 Å². The first kappa shape index (κ1) is 15.4. The Morgan fingerprint density at radius 3 is 2.40 bits per heavy atom. The second-order valence-corrected chi connectivity index (χ2v) is 6.11. The zero-order chi connectivity index (χ0) is 14.4. The topological polar surface area (TPSA) is 0 Å². The van der Waals surface area contributed by atoms with E-state index in [4.69, 9.17) is 23.2 Å². The van der Waals surface area contributed by atoms with Crippen LogP contribution >= 0.6 is 23.2 Å². The van der Waals surface area contributed by atoms with Gasteiger partial charge in [0.05, 0.1) is 5.38 Å². The van der Waals surface area contributed by atoms with Gasteiger partial charge in [-0.1, -0.05) is 61.3 Å². The largest absolute Gasteiger partial charge is 0.117 e. The van der Waals surface area contributed by atoms with Gasteiger partial charge in [0.1, 0.15) is 0 Å². The molecule has 0 aliphatic carbocycles. The van der Waals surface area contributed by atoms with E-state index in [-0.39, 0.29) is 5.38 Å². The number of unbranched alkanes of at least 4 members (excludes halogenated alkanes) is 1. The van der Waals surface area contributed by atoms with E-state index in [1.165, 1.54) is 29.5 Å². The van der Waals surface area contributed by atoms with Crippen LogP contribution in [0.2, 0.25) is 5.02 Å². The predicted octanol–water partition coefficient (Wildman–Crippen LogP) is 6.21. The van der Waals surface area contributed by atoms with Crippen molar-refractivity contribution in [3.05, 3.63) is 70.2 Å². The highest BCUT2D eigenvalue weighted by Gasteiger charge is 2.09. The second kappa shape index (κ2) is 7.71. The summed E-state index contributed by atoms with van der Waals surface area (Å²) in [5.41, 5.74) is 3.74. The lowest BCUT2D eigenvalue weighted by atomic mass is 10.0. The molecule has 0 aliphatic heterocycles. The fourth-order valence-corrected chi connectivity index (χ4v) is 2.80. The number of benzene rings is 2. The molecular formula is C18H20Cl2. The summed E-state index contributed by atoms with van der Waals surface area (Å²) in [6.45, 7) is 2.22. The Labute approximate surface area is 131 Å². The van der Waals surface area contributed by atoms with Crippen molar-refractivity contribution in [2.75, 3.05) is 0 Å². The van der Waals surface area contributed by atoms with Crippen molar-refractivity contribution in [2.24, 2.45) is 0 Å². The minimum Gasteiger partial charge on any atom is -0.117 e. The van der Waals surface area contributed by atoms with Crippen LogP contribution in [-0.4, -0.2) is 0 Å². The number of hydrogen-bond acceptors (Lipinski definition) is 0. The first-order chi connectivity index (χ1) is 9.69. The van der Waals surface area contributed by atoms with Crippen LogP contribution in [0, 0.1) is 0 Å². The maximum absolute atomic E-state index is 6.51. The molecule has 2 rings (SSSR count). The molecule has 0 nitrogen and oxygen atoms in total. The molecule has 0 saturated carbocycles. The molecule has 2 aromatic rings. The lowest BCUT2D eigenvalue weighted by molar-refractivity contribution is 0.794. The maximum atomic E-state index is 6.51. The molecule has 106 valence electrons. The Morgan fingerprint density at radius 1 is 1.00 bits per heavy atom. The third-order valence-electron chi connectivity index (χ3n) is 3.46. The van der Waals surface area contributed by atoms with Crippen LogP contribution in [-0.2, 0) is 12.8 Å². The molecule has 1 unspecified atom stereocenters. The summed E-state index contributed by atoms with van der Waals surface area (Å²) in [6, 6.07) is 16.6. The SMILES string of the molecule is CCCCc1ccc(C(Cl)Cc2cccc(Cl)c2)cc1. The number of rotatable bonds is 6. The fraction of sp³-hybridized carbons (Fsp3) is 0.333. The normalized spacial score (nSPS) is 12.3. The van der Waals surface area contributed by atoms with Crippen LogP contribution in [0.25, 0.3) is 0 Å². The van der Waals surface area contributed by atoms with Crippen molar-refractivity contribution in [1.82, 2.24) is 0 Å². The predicted molar refractivity (Wildman–Crippen MR) is 88.8 cm³/mol. The quantitative estimate of drug-likeness (QED) is 0.557. The van der Waals surface area contributed by atoms with Gasteiger partial charge in [0.2, 0.25) is 0 Å². The van der Waals surface area contributed by atoms with E-state index in [1.807, 2.05) is 18.2 Å². The van der Waals surface area contributed by atoms with Crippen molar-refractivity contribution in [2.45, 2.75) is 38.0 Å². The van der Waals surface area contributed by atoms with Crippen molar-refractivity contribution < 1.29 is 0 Å². The molecular weight excluding hydrogens is 287 g/mol. The molecule has 1 atom stereocenters. The Kier molecular flexibility index (Phi) is 5.94. The monoisotopic (exact) mass is 306 g/mol. The van der Waals surface area contributed by atoms with E-state index in [0.29, 0.717) is 0 Å². The van der Waals surface area contributed by atoms with E-state index >= 15 is 0 Å². The smallest absolute Gasteiger partial charge is 0.0625 e. The summed E-state index contributed by atoms with van der Waals surface area (Å²) in [6.07, 6.45) is 4.43. The summed E-state index contributed by atoms with van der Waals surface area (Å²) < 4.78 is 0. The molecule has 0 amide bonds. The average molecular weight is 307 g/mol. The summed E-state index contributed by atoms with van der Waals surface area (Å²) >= 11 is 12.5. The Hall–Kier alpha value is -0.980. The van der Waals surface area contributed by atoms with Crippen LogP contribution in [0.1, 0.15) is 41.8 Å². The first-order valence-corrected chi connectivity index (χ1v) is 7.98. The number of aryl methyl sites for hydroxylation is 1. The summed E-state index contributed by atoms with van der Waals surface area (Å²) in [5, 5.41) is 0.759. The standard InChI is InChI=1S/C18H20Cl2/c1-2-3-5-14-8-10-16(11-9-14)18(20)13-15-6-4-7-17(19)12-15/h4,6-12,18H,2-3,5,13H2,1H3. The van der Waals surface area contributed by atoms with Crippen LogP contribution in [0.5, 0.6) is 0 Å². The van der Waals surface area contributed by atoms with Gasteiger partial charge in [-0.3, -0.25) is 0 Å². The first-order valence-electron chi connectivity index (χ1n) is 7.16. The van der Waals surface area contributed by atoms with E-state index < -0.39 is 0 Å². The van der Waals surface area contributed by atoms with E-state index in [9.17, 15) is 0 Å². The lowest BCUT2D eigenvalue weighted by Gasteiger charge is -2.11. The van der Waals surface area contributed by atoms with Gasteiger partial charge in [-0.2, -0.15) is 0 Å². The van der Waals surface area contributed by atoms with Crippen LogP contribution in [0.15, 0.2) is 48.5 Å². The zero-order valence-electron chi connectivity index (χ0n) is 11.8. The van der Waals surface area contributed by atoms with E-state index in [1.54, 1.807) is 0 Å². The molecule has 0 radical (unpaired) electrons. The van der Waals surface area contributed by atoms with Gasteiger partial charge < -0.3 is 0 Å². The highest BCUT2D eigenvalue weighted by molar-refractivity contribution is 6.30. The minimum absolute atomic E-state index is 0.00584. The van der Waals surface area contributed by atoms with Crippen molar-refractivity contribution in [3.8, 4) is 0 Å². The Balaban J connectivity index is 2.00. The third kappa shape index (κ3) is 4.54. The molecule has 0 bridgehead atoms. The molecule has 20 heavy (non-hydrogen) atoms. The number of alkyl halides is 1. The highest BCUT2D eigenvalue weighted by Crippen LogP contribution is 2.26. The molecule has 0 aromatic heterocycles. The van der Waals surface area contributed by atoms with Gasteiger partial charge in [0, 0.05) is 5.02 Å². The van der Waals surface area contributed by atoms with Crippen molar-refractivity contribution >= 4 is 23.2 Å². The van der Waals surface area contributed by atoms with E-state index in [0.717, 1.165) is 17.9 Å². The van der Waals surface area contributed by atoms with Crippen molar-refractivity contribution in [1.29, 1.82) is 0 Å². The highest BCUT2D eigenvalue weighted by atomic mass is 35.5. The van der Waals surface area contributed by atoms with Crippen LogP contribution in [0.4, 0.5) is 0 Å². The molecule has 0 fully saturated rings. The maximum Gasteiger partial charge on any atom is 0.0625 e. The molecule has 0 heterocycles. The number of halogens is 2. The van der Waals surface area contributed by atoms with Crippen LogP contribution in [0.3, 0.4) is 0 Å². The minimum atomic E-state index is -0.00584. The Bertz CT molecular complexity index is 531. The van der Waals surface area contributed by atoms with Gasteiger partial charge in [0.15, 0.2) is 0 Å². The summed E-state index contributed by atoms with van der Waals surface area (Å²) in [4.78, 5) is 0. The van der Waals surface area contributed by atoms with E-state index in [2.05, 4.69) is 37.3 Å². The summed E-state index contributed by atoms with van der Waals surface area (Å²) in [7, 11) is 0. The van der Waals surface area contributed by atoms with Crippen LogP contribution < -0.4 is 0 Å². The average Bonchev–Trinajstić information content (AvgIpc) is 2.45. The van der Waals surface area contributed by atoms with Crippen molar-refractivity contribution in [3.63, 3.8) is 0 Å². The molecule has 0 aliphatic rings. The third-order valence-corrected chi connectivity index (χ3v) is 4.11. The van der Waals surface area contributed by atoms with Gasteiger partial charge in [-0.25, -0.2) is 0 Å². The lowest BCUT2D eigenvalue weighted by Crippen LogP contribution is -1.96. The summed E-state index contributed by atoms with van der Waals surface area (Å²) in [5.74, 6) is 0. The molecule has 0 saturated heterocycles. The molecule has 0 N–H and O–H groups in total. The number of hydrogen-bond donors (Lipinski definition) is 0. The van der Waals surface area contributed by atoms with Gasteiger partial charge in [-0.05, 0) is 48.1 Å².